The number of ether oxygens (including phenoxy) is 2. The number of carbonyl (C=O) groups is 1. The molecule has 2 fully saturated rings. The second kappa shape index (κ2) is 5.23. The third-order valence-corrected chi connectivity index (χ3v) is 6.51. The average molecular weight is 315 g/mol. The summed E-state index contributed by atoms with van der Waals surface area (Å²) in [5.74, 6) is 2.55. The van der Waals surface area contributed by atoms with Crippen LogP contribution >= 0.6 is 0 Å². The van der Waals surface area contributed by atoms with E-state index >= 15 is 0 Å². The molecule has 0 unspecified atom stereocenters. The number of likely N-dealkylation sites (N-methyl/N-ethyl adjacent to an activating group) is 1. The highest BCUT2D eigenvalue weighted by Gasteiger charge is 2.56. The third kappa shape index (κ3) is 1.97. The molecule has 0 spiro atoms. The van der Waals surface area contributed by atoms with Crippen LogP contribution in [0, 0.1) is 5.92 Å². The molecular weight excluding hydrogens is 290 g/mol. The van der Waals surface area contributed by atoms with Crippen LogP contribution in [0.1, 0.15) is 36.8 Å². The van der Waals surface area contributed by atoms with Crippen LogP contribution in [0.4, 0.5) is 0 Å². The van der Waals surface area contributed by atoms with Gasteiger partial charge in [-0.2, -0.15) is 0 Å². The van der Waals surface area contributed by atoms with Crippen LogP contribution in [0.25, 0.3) is 0 Å². The first-order chi connectivity index (χ1) is 11.1. The van der Waals surface area contributed by atoms with E-state index in [4.69, 9.17) is 9.47 Å². The van der Waals surface area contributed by atoms with Gasteiger partial charge in [-0.1, -0.05) is 6.07 Å². The summed E-state index contributed by atoms with van der Waals surface area (Å²) in [6, 6.07) is 4.70. The summed E-state index contributed by atoms with van der Waals surface area (Å²) in [4.78, 5) is 14.6. The maximum absolute atomic E-state index is 12.2. The largest absolute Gasteiger partial charge is 0.493 e. The number of methoxy groups -OCH3 is 2. The molecule has 1 aliphatic heterocycles. The summed E-state index contributed by atoms with van der Waals surface area (Å²) < 4.78 is 11.4. The van der Waals surface area contributed by atoms with Gasteiger partial charge in [-0.3, -0.25) is 4.79 Å². The van der Waals surface area contributed by atoms with Crippen LogP contribution in [0.15, 0.2) is 12.1 Å². The molecule has 0 aromatic heterocycles. The molecule has 124 valence electrons. The Hall–Kier alpha value is -1.55. The topological polar surface area (TPSA) is 38.8 Å². The van der Waals surface area contributed by atoms with Crippen LogP contribution in [0.5, 0.6) is 11.5 Å². The van der Waals surface area contributed by atoms with Gasteiger partial charge in [-0.05, 0) is 50.4 Å². The molecule has 1 aromatic carbocycles. The normalized spacial score (nSPS) is 32.9. The molecule has 23 heavy (non-hydrogen) atoms. The molecule has 0 N–H and O–H groups in total. The lowest BCUT2D eigenvalue weighted by molar-refractivity contribution is -0.127. The molecule has 4 heteroatoms. The van der Waals surface area contributed by atoms with E-state index in [0.29, 0.717) is 24.2 Å². The summed E-state index contributed by atoms with van der Waals surface area (Å²) in [7, 11) is 5.64. The van der Waals surface area contributed by atoms with Gasteiger partial charge in [0.2, 0.25) is 0 Å². The zero-order valence-corrected chi connectivity index (χ0v) is 14.2. The number of likely N-dealkylation sites (tertiary alicyclic amines) is 1. The summed E-state index contributed by atoms with van der Waals surface area (Å²) in [5, 5.41) is 0. The van der Waals surface area contributed by atoms with Gasteiger partial charge in [0.05, 0.1) is 14.2 Å². The van der Waals surface area contributed by atoms with Gasteiger partial charge >= 0.3 is 0 Å². The van der Waals surface area contributed by atoms with Crippen molar-refractivity contribution in [2.24, 2.45) is 5.92 Å². The molecule has 1 aromatic rings. The zero-order valence-electron chi connectivity index (χ0n) is 14.2. The number of carbonyl (C=O) groups excluding carboxylic acids is 1. The summed E-state index contributed by atoms with van der Waals surface area (Å²) >= 11 is 0. The Bertz CT molecular complexity index is 656. The van der Waals surface area contributed by atoms with Gasteiger partial charge in [0, 0.05) is 29.9 Å². The first-order valence-corrected chi connectivity index (χ1v) is 8.57. The number of nitrogens with zero attached hydrogens (tertiary/aromatic N) is 1. The maximum Gasteiger partial charge on any atom is 0.164 e. The smallest absolute Gasteiger partial charge is 0.164 e. The SMILES string of the molecule is COc1ccc2c(c1OC)[C@@]13CCC(=O)C[C@H]1[C@@H](C2)N(C)CC3. The van der Waals surface area contributed by atoms with Crippen molar-refractivity contribution < 1.29 is 14.3 Å². The van der Waals surface area contributed by atoms with Crippen molar-refractivity contribution in [3.05, 3.63) is 23.3 Å². The quantitative estimate of drug-likeness (QED) is 0.841. The number of fused-ring (bicyclic) bond motifs is 1. The second-order valence-corrected chi connectivity index (χ2v) is 7.34. The first-order valence-electron chi connectivity index (χ1n) is 8.57. The molecule has 1 saturated carbocycles. The predicted octanol–water partition coefficient (Wildman–Crippen LogP) is 2.57. The van der Waals surface area contributed by atoms with Crippen molar-refractivity contribution in [2.45, 2.75) is 43.6 Å². The van der Waals surface area contributed by atoms with E-state index in [0.717, 1.165) is 43.7 Å². The zero-order chi connectivity index (χ0) is 16.2. The predicted molar refractivity (Wildman–Crippen MR) is 88.3 cm³/mol. The first kappa shape index (κ1) is 15.0. The Morgan fingerprint density at radius 1 is 1.17 bits per heavy atom. The standard InChI is InChI=1S/C19H25NO3/c1-20-9-8-19-7-6-13(21)11-14(19)15(20)10-12-4-5-16(22-2)18(23-3)17(12)19/h4-5,14-15H,6-11H2,1-3H3/t14-,15+,19+/m0/s1. The number of benzene rings is 1. The fourth-order valence-electron chi connectivity index (χ4n) is 5.40. The van der Waals surface area contributed by atoms with Crippen molar-refractivity contribution >= 4 is 5.78 Å². The fourth-order valence-corrected chi connectivity index (χ4v) is 5.40. The maximum atomic E-state index is 12.2. The van der Waals surface area contributed by atoms with E-state index in [2.05, 4.69) is 18.0 Å². The third-order valence-electron chi connectivity index (χ3n) is 6.51. The van der Waals surface area contributed by atoms with Gasteiger partial charge in [0.15, 0.2) is 11.5 Å². The minimum atomic E-state index is 0.0819. The Balaban J connectivity index is 1.95. The molecule has 1 saturated heterocycles. The lowest BCUT2D eigenvalue weighted by Gasteiger charge is -2.58. The van der Waals surface area contributed by atoms with E-state index in [1.54, 1.807) is 14.2 Å². The lowest BCUT2D eigenvalue weighted by Crippen LogP contribution is -2.60. The number of rotatable bonds is 2. The van der Waals surface area contributed by atoms with E-state index < -0.39 is 0 Å². The van der Waals surface area contributed by atoms with Gasteiger partial charge in [-0.25, -0.2) is 0 Å². The van der Waals surface area contributed by atoms with Gasteiger partial charge in [0.25, 0.3) is 0 Å². The van der Waals surface area contributed by atoms with Crippen LogP contribution < -0.4 is 9.47 Å². The molecule has 1 heterocycles. The van der Waals surface area contributed by atoms with Gasteiger partial charge in [0.1, 0.15) is 5.78 Å². The average Bonchev–Trinajstić information content (AvgIpc) is 2.57. The summed E-state index contributed by atoms with van der Waals surface area (Å²) in [6.45, 7) is 1.09. The van der Waals surface area contributed by atoms with Crippen LogP contribution in [-0.4, -0.2) is 44.5 Å². The Morgan fingerprint density at radius 3 is 2.74 bits per heavy atom. The highest BCUT2D eigenvalue weighted by Crippen LogP contribution is 2.58. The monoisotopic (exact) mass is 315 g/mol. The second-order valence-electron chi connectivity index (χ2n) is 7.34. The van der Waals surface area contributed by atoms with Crippen molar-refractivity contribution in [2.75, 3.05) is 27.8 Å². The molecule has 4 nitrogen and oxygen atoms in total. The number of hydrogen-bond acceptors (Lipinski definition) is 4. The molecule has 0 amide bonds. The molecule has 2 aliphatic carbocycles. The molecule has 3 atom stereocenters. The summed E-state index contributed by atoms with van der Waals surface area (Å²) in [5.41, 5.74) is 2.80. The molecule has 0 radical (unpaired) electrons. The Kier molecular flexibility index (Phi) is 3.41. The molecular formula is C19H25NO3. The van der Waals surface area contributed by atoms with Crippen molar-refractivity contribution in [3.63, 3.8) is 0 Å². The van der Waals surface area contributed by atoms with Crippen molar-refractivity contribution in [1.82, 2.24) is 4.90 Å². The molecule has 2 bridgehead atoms. The number of hydrogen-bond donors (Lipinski definition) is 0. The minimum absolute atomic E-state index is 0.0819. The lowest BCUT2D eigenvalue weighted by atomic mass is 9.52. The number of Topliss-reactive ketones (excluding diaryl/α,β-unsaturated/α-hetero) is 1. The van der Waals surface area contributed by atoms with Crippen molar-refractivity contribution in [1.29, 1.82) is 0 Å². The van der Waals surface area contributed by atoms with E-state index in [1.807, 2.05) is 6.07 Å². The van der Waals surface area contributed by atoms with E-state index in [9.17, 15) is 4.79 Å². The number of piperidine rings is 1. The van der Waals surface area contributed by atoms with E-state index in [1.165, 1.54) is 11.1 Å². The Labute approximate surface area is 137 Å². The fraction of sp³-hybridized carbons (Fsp3) is 0.632. The highest BCUT2D eigenvalue weighted by atomic mass is 16.5. The minimum Gasteiger partial charge on any atom is -0.493 e. The van der Waals surface area contributed by atoms with Crippen LogP contribution in [0.3, 0.4) is 0 Å². The highest BCUT2D eigenvalue weighted by molar-refractivity contribution is 5.81. The van der Waals surface area contributed by atoms with Crippen LogP contribution in [-0.2, 0) is 16.6 Å². The van der Waals surface area contributed by atoms with Crippen LogP contribution in [0.2, 0.25) is 0 Å². The number of ketones is 1. The molecule has 3 aliphatic rings. The Morgan fingerprint density at radius 2 is 2.00 bits per heavy atom. The van der Waals surface area contributed by atoms with Gasteiger partial charge in [-0.15, -0.1) is 0 Å². The van der Waals surface area contributed by atoms with Crippen molar-refractivity contribution in [3.8, 4) is 11.5 Å². The van der Waals surface area contributed by atoms with E-state index in [-0.39, 0.29) is 5.41 Å². The molecule has 4 rings (SSSR count). The summed E-state index contributed by atoms with van der Waals surface area (Å²) in [6.07, 6.45) is 4.49. The van der Waals surface area contributed by atoms with Gasteiger partial charge < -0.3 is 14.4 Å².